The van der Waals surface area contributed by atoms with Crippen LogP contribution < -0.4 is 10.6 Å². The number of aromatic nitrogens is 1. The number of aryl methyl sites for hydroxylation is 1. The molecule has 1 heterocycles. The highest BCUT2D eigenvalue weighted by Crippen LogP contribution is 2.42. The molecule has 3 nitrogen and oxygen atoms in total. The zero-order valence-corrected chi connectivity index (χ0v) is 15.2. The van der Waals surface area contributed by atoms with Gasteiger partial charge in [-0.25, -0.2) is 4.98 Å². The minimum atomic E-state index is 0.740. The van der Waals surface area contributed by atoms with Gasteiger partial charge in [-0.2, -0.15) is 0 Å². The van der Waals surface area contributed by atoms with Gasteiger partial charge in [0.2, 0.25) is 0 Å². The number of nitrogens with zero attached hydrogens (tertiary/aromatic N) is 1. The van der Waals surface area contributed by atoms with Crippen molar-refractivity contribution in [3.63, 3.8) is 0 Å². The van der Waals surface area contributed by atoms with Crippen LogP contribution in [0.15, 0.2) is 36.5 Å². The van der Waals surface area contributed by atoms with Gasteiger partial charge in [0.1, 0.15) is 5.82 Å². The lowest BCUT2D eigenvalue weighted by atomic mass is 10.0. The lowest BCUT2D eigenvalue weighted by Crippen LogP contribution is -2.21. The predicted molar refractivity (Wildman–Crippen MR) is 104 cm³/mol. The first-order valence-corrected chi connectivity index (χ1v) is 9.81. The fourth-order valence-corrected chi connectivity index (χ4v) is 3.99. The molecule has 0 radical (unpaired) electrons. The Kier molecular flexibility index (Phi) is 5.02. The number of nitrogens with one attached hydrogen (secondary N) is 2. The van der Waals surface area contributed by atoms with Crippen molar-refractivity contribution in [2.24, 2.45) is 5.92 Å². The van der Waals surface area contributed by atoms with Gasteiger partial charge >= 0.3 is 0 Å². The third kappa shape index (κ3) is 4.40. The Hall–Kier alpha value is -1.87. The molecule has 0 atom stereocenters. The SMILES string of the molecule is Cc1cccc(Nc2cc(C3CC3)c(CNCC3CCCC3)cn2)c1. The van der Waals surface area contributed by atoms with Gasteiger partial charge in [0.15, 0.2) is 0 Å². The molecule has 25 heavy (non-hydrogen) atoms. The lowest BCUT2D eigenvalue weighted by Gasteiger charge is -2.15. The molecular formula is C22H29N3. The third-order valence-electron chi connectivity index (χ3n) is 5.55. The first kappa shape index (κ1) is 16.6. The van der Waals surface area contributed by atoms with E-state index >= 15 is 0 Å². The molecule has 2 aromatic rings. The number of hydrogen-bond acceptors (Lipinski definition) is 3. The van der Waals surface area contributed by atoms with E-state index in [1.165, 1.54) is 55.2 Å². The molecule has 0 spiro atoms. The lowest BCUT2D eigenvalue weighted by molar-refractivity contribution is 0.488. The summed E-state index contributed by atoms with van der Waals surface area (Å²) >= 11 is 0. The van der Waals surface area contributed by atoms with Crippen molar-refractivity contribution in [2.45, 2.75) is 57.9 Å². The molecule has 0 amide bonds. The highest BCUT2D eigenvalue weighted by atomic mass is 15.0. The molecule has 2 aliphatic carbocycles. The van der Waals surface area contributed by atoms with Crippen molar-refractivity contribution in [3.05, 3.63) is 53.2 Å². The largest absolute Gasteiger partial charge is 0.340 e. The van der Waals surface area contributed by atoms with Crippen LogP contribution in [0.25, 0.3) is 0 Å². The second-order valence-corrected chi connectivity index (χ2v) is 7.82. The molecule has 1 aromatic carbocycles. The molecule has 2 N–H and O–H groups in total. The van der Waals surface area contributed by atoms with E-state index in [0.29, 0.717) is 0 Å². The summed E-state index contributed by atoms with van der Waals surface area (Å²) in [6.07, 6.45) is 10.4. The normalized spacial score (nSPS) is 17.8. The monoisotopic (exact) mass is 335 g/mol. The minimum absolute atomic E-state index is 0.740. The van der Waals surface area contributed by atoms with Crippen LogP contribution >= 0.6 is 0 Å². The van der Waals surface area contributed by atoms with Gasteiger partial charge in [-0.1, -0.05) is 25.0 Å². The Balaban J connectivity index is 1.43. The van der Waals surface area contributed by atoms with Crippen LogP contribution in [0.3, 0.4) is 0 Å². The van der Waals surface area contributed by atoms with Gasteiger partial charge in [0.05, 0.1) is 0 Å². The van der Waals surface area contributed by atoms with E-state index in [-0.39, 0.29) is 0 Å². The molecule has 2 aliphatic rings. The summed E-state index contributed by atoms with van der Waals surface area (Å²) in [6, 6.07) is 10.7. The molecular weight excluding hydrogens is 306 g/mol. The smallest absolute Gasteiger partial charge is 0.130 e. The first-order valence-electron chi connectivity index (χ1n) is 9.81. The summed E-state index contributed by atoms with van der Waals surface area (Å²) in [5, 5.41) is 7.15. The fourth-order valence-electron chi connectivity index (χ4n) is 3.99. The molecule has 4 rings (SSSR count). The maximum atomic E-state index is 4.67. The van der Waals surface area contributed by atoms with Gasteiger partial charge in [0, 0.05) is 18.4 Å². The van der Waals surface area contributed by atoms with Crippen LogP contribution in [0.4, 0.5) is 11.5 Å². The van der Waals surface area contributed by atoms with E-state index in [1.807, 2.05) is 0 Å². The van der Waals surface area contributed by atoms with E-state index in [9.17, 15) is 0 Å². The van der Waals surface area contributed by atoms with Crippen LogP contribution in [-0.4, -0.2) is 11.5 Å². The van der Waals surface area contributed by atoms with Crippen molar-refractivity contribution in [2.75, 3.05) is 11.9 Å². The van der Waals surface area contributed by atoms with Gasteiger partial charge in [0.25, 0.3) is 0 Å². The molecule has 0 aliphatic heterocycles. The molecule has 2 saturated carbocycles. The van der Waals surface area contributed by atoms with Gasteiger partial charge in [-0.05, 0) is 85.9 Å². The van der Waals surface area contributed by atoms with Crippen molar-refractivity contribution < 1.29 is 0 Å². The second-order valence-electron chi connectivity index (χ2n) is 7.82. The highest BCUT2D eigenvalue weighted by molar-refractivity contribution is 5.58. The highest BCUT2D eigenvalue weighted by Gasteiger charge is 2.26. The summed E-state index contributed by atoms with van der Waals surface area (Å²) < 4.78 is 0. The van der Waals surface area contributed by atoms with E-state index in [2.05, 4.69) is 59.1 Å². The minimum Gasteiger partial charge on any atom is -0.340 e. The van der Waals surface area contributed by atoms with Gasteiger partial charge < -0.3 is 10.6 Å². The quantitative estimate of drug-likeness (QED) is 0.722. The van der Waals surface area contributed by atoms with E-state index in [4.69, 9.17) is 0 Å². The van der Waals surface area contributed by atoms with Crippen molar-refractivity contribution in [1.82, 2.24) is 10.3 Å². The topological polar surface area (TPSA) is 37.0 Å². The van der Waals surface area contributed by atoms with Crippen molar-refractivity contribution >= 4 is 11.5 Å². The van der Waals surface area contributed by atoms with Crippen LogP contribution in [0.2, 0.25) is 0 Å². The van der Waals surface area contributed by atoms with E-state index in [0.717, 1.165) is 36.4 Å². The number of hydrogen-bond donors (Lipinski definition) is 2. The maximum Gasteiger partial charge on any atom is 0.130 e. The van der Waals surface area contributed by atoms with Crippen LogP contribution in [-0.2, 0) is 6.54 Å². The summed E-state index contributed by atoms with van der Waals surface area (Å²) in [5.41, 5.74) is 5.25. The van der Waals surface area contributed by atoms with Crippen LogP contribution in [0, 0.1) is 12.8 Å². The van der Waals surface area contributed by atoms with Crippen molar-refractivity contribution in [1.29, 1.82) is 0 Å². The maximum absolute atomic E-state index is 4.67. The number of rotatable bonds is 7. The zero-order chi connectivity index (χ0) is 17.1. The molecule has 132 valence electrons. The molecule has 2 fully saturated rings. The fraction of sp³-hybridized carbons (Fsp3) is 0.500. The molecule has 0 saturated heterocycles. The standard InChI is InChI=1S/C22H29N3/c1-16-5-4-8-20(11-16)25-22-12-21(18-9-10-18)19(15-24-22)14-23-13-17-6-2-3-7-17/h4-5,8,11-12,15,17-18,23H,2-3,6-7,9-10,13-14H2,1H3,(H,24,25). The Morgan fingerprint density at radius 2 is 1.92 bits per heavy atom. The number of pyridine rings is 1. The zero-order valence-electron chi connectivity index (χ0n) is 15.2. The molecule has 0 bridgehead atoms. The number of anilines is 2. The van der Waals surface area contributed by atoms with E-state index < -0.39 is 0 Å². The Morgan fingerprint density at radius 1 is 1.08 bits per heavy atom. The molecule has 0 unspecified atom stereocenters. The Labute approximate surface area is 151 Å². The van der Waals surface area contributed by atoms with Gasteiger partial charge in [-0.3, -0.25) is 0 Å². The third-order valence-corrected chi connectivity index (χ3v) is 5.55. The predicted octanol–water partition coefficient (Wildman–Crippen LogP) is 5.29. The first-order chi connectivity index (χ1) is 12.3. The van der Waals surface area contributed by atoms with Crippen molar-refractivity contribution in [3.8, 4) is 0 Å². The summed E-state index contributed by atoms with van der Waals surface area (Å²) in [4.78, 5) is 4.67. The average Bonchev–Trinajstić information content (AvgIpc) is 3.32. The van der Waals surface area contributed by atoms with Gasteiger partial charge in [-0.15, -0.1) is 0 Å². The Bertz CT molecular complexity index is 715. The second kappa shape index (κ2) is 7.57. The average molecular weight is 335 g/mol. The summed E-state index contributed by atoms with van der Waals surface area (Å²) in [6.45, 7) is 4.24. The summed E-state index contributed by atoms with van der Waals surface area (Å²) in [5.74, 6) is 2.59. The van der Waals surface area contributed by atoms with E-state index in [1.54, 1.807) is 0 Å². The van der Waals surface area contributed by atoms with Crippen LogP contribution in [0.1, 0.15) is 61.1 Å². The Morgan fingerprint density at radius 3 is 2.68 bits per heavy atom. The molecule has 3 heteroatoms. The summed E-state index contributed by atoms with van der Waals surface area (Å²) in [7, 11) is 0. The molecule has 1 aromatic heterocycles. The van der Waals surface area contributed by atoms with Crippen LogP contribution in [0.5, 0.6) is 0 Å². The number of benzene rings is 1.